The van der Waals surface area contributed by atoms with E-state index >= 15 is 0 Å². The maximum Gasteiger partial charge on any atom is 0.252 e. The quantitative estimate of drug-likeness (QED) is 0.809. The van der Waals surface area contributed by atoms with Gasteiger partial charge in [-0.05, 0) is 47.4 Å². The van der Waals surface area contributed by atoms with Crippen LogP contribution in [0.1, 0.15) is 24.4 Å². The van der Waals surface area contributed by atoms with Gasteiger partial charge in [-0.3, -0.25) is 4.79 Å². The average Bonchev–Trinajstić information content (AvgIpc) is 2.91. The lowest BCUT2D eigenvalue weighted by atomic mass is 10.1. The Hall–Kier alpha value is -0.360. The first kappa shape index (κ1) is 9.21. The van der Waals surface area contributed by atoms with Crippen molar-refractivity contribution in [3.05, 3.63) is 31.8 Å². The van der Waals surface area contributed by atoms with Crippen LogP contribution in [0.4, 0.5) is 0 Å². The minimum Gasteiger partial charge on any atom is -0.328 e. The molecule has 3 N–H and O–H groups in total. The van der Waals surface area contributed by atoms with Crippen LogP contribution in [-0.2, 0) is 0 Å². The molecule has 1 aromatic heterocycles. The number of pyridine rings is 1. The van der Waals surface area contributed by atoms with Crippen LogP contribution >= 0.6 is 22.6 Å². The summed E-state index contributed by atoms with van der Waals surface area (Å²) >= 11 is 2.17. The highest BCUT2D eigenvalue weighted by molar-refractivity contribution is 14.1. The molecule has 70 valence electrons. The lowest BCUT2D eigenvalue weighted by Crippen LogP contribution is -2.23. The first-order valence-corrected chi connectivity index (χ1v) is 5.40. The van der Waals surface area contributed by atoms with Crippen LogP contribution in [0.15, 0.2) is 17.1 Å². The Morgan fingerprint density at radius 3 is 2.92 bits per heavy atom. The van der Waals surface area contributed by atoms with Crippen LogP contribution in [0, 0.1) is 9.49 Å². The van der Waals surface area contributed by atoms with E-state index in [1.165, 1.54) is 0 Å². The summed E-state index contributed by atoms with van der Waals surface area (Å²) in [7, 11) is 0. The second kappa shape index (κ2) is 3.42. The average molecular weight is 290 g/mol. The maximum absolute atomic E-state index is 11.4. The van der Waals surface area contributed by atoms with Crippen molar-refractivity contribution in [2.45, 2.75) is 18.9 Å². The monoisotopic (exact) mass is 290 g/mol. The van der Waals surface area contributed by atoms with Gasteiger partial charge in [-0.2, -0.15) is 0 Å². The van der Waals surface area contributed by atoms with Crippen molar-refractivity contribution >= 4 is 22.6 Å². The van der Waals surface area contributed by atoms with Gasteiger partial charge in [-0.25, -0.2) is 0 Å². The van der Waals surface area contributed by atoms with Gasteiger partial charge < -0.3 is 10.7 Å². The first-order valence-electron chi connectivity index (χ1n) is 4.32. The molecule has 2 rings (SSSR count). The number of H-pyrrole nitrogens is 1. The summed E-state index contributed by atoms with van der Waals surface area (Å²) in [4.78, 5) is 14.1. The van der Waals surface area contributed by atoms with Gasteiger partial charge in [0.2, 0.25) is 0 Å². The minimum absolute atomic E-state index is 0.0418. The molecular formula is C9H11IN2O. The van der Waals surface area contributed by atoms with Crippen molar-refractivity contribution in [2.24, 2.45) is 11.7 Å². The molecule has 4 heteroatoms. The summed E-state index contributed by atoms with van der Waals surface area (Å²) in [6.45, 7) is 0. The van der Waals surface area contributed by atoms with E-state index < -0.39 is 0 Å². The topological polar surface area (TPSA) is 58.9 Å². The van der Waals surface area contributed by atoms with E-state index in [2.05, 4.69) is 27.6 Å². The summed E-state index contributed by atoms with van der Waals surface area (Å²) in [5.74, 6) is 0.527. The van der Waals surface area contributed by atoms with Gasteiger partial charge in [0.25, 0.3) is 5.56 Å². The second-order valence-corrected chi connectivity index (χ2v) is 4.71. The SMILES string of the molecule is NC(c1cc(I)c[nH]c1=O)C1CC1. The third-order valence-electron chi connectivity index (χ3n) is 2.39. The van der Waals surface area contributed by atoms with E-state index in [0.717, 1.165) is 22.0 Å². The molecule has 0 radical (unpaired) electrons. The fraction of sp³-hybridized carbons (Fsp3) is 0.444. The van der Waals surface area contributed by atoms with E-state index in [9.17, 15) is 4.79 Å². The number of rotatable bonds is 2. The number of halogens is 1. The van der Waals surface area contributed by atoms with Crippen LogP contribution in [0.25, 0.3) is 0 Å². The van der Waals surface area contributed by atoms with E-state index in [4.69, 9.17) is 5.73 Å². The Bertz CT molecular complexity index is 370. The molecule has 0 amide bonds. The summed E-state index contributed by atoms with van der Waals surface area (Å²) in [6, 6.07) is 1.81. The normalized spacial score (nSPS) is 18.6. The Morgan fingerprint density at radius 1 is 1.62 bits per heavy atom. The van der Waals surface area contributed by atoms with Crippen LogP contribution in [0.3, 0.4) is 0 Å². The van der Waals surface area contributed by atoms with Gasteiger partial charge in [0.15, 0.2) is 0 Å². The first-order chi connectivity index (χ1) is 6.18. The highest BCUT2D eigenvalue weighted by Gasteiger charge is 2.30. The van der Waals surface area contributed by atoms with Crippen LogP contribution < -0.4 is 11.3 Å². The maximum atomic E-state index is 11.4. The molecule has 0 bridgehead atoms. The van der Waals surface area contributed by atoms with E-state index in [1.54, 1.807) is 6.20 Å². The largest absolute Gasteiger partial charge is 0.328 e. The van der Waals surface area contributed by atoms with Gasteiger partial charge >= 0.3 is 0 Å². The van der Waals surface area contributed by atoms with Crippen molar-refractivity contribution in [1.29, 1.82) is 0 Å². The molecule has 3 nitrogen and oxygen atoms in total. The molecule has 0 aliphatic heterocycles. The Morgan fingerprint density at radius 2 is 2.31 bits per heavy atom. The third kappa shape index (κ3) is 1.94. The Balaban J connectivity index is 2.37. The molecule has 1 aromatic rings. The number of nitrogens with one attached hydrogen (secondary N) is 1. The zero-order valence-corrected chi connectivity index (χ0v) is 9.24. The molecule has 1 aliphatic rings. The number of hydrogen-bond acceptors (Lipinski definition) is 2. The van der Waals surface area contributed by atoms with Crippen molar-refractivity contribution in [3.8, 4) is 0 Å². The molecule has 1 fully saturated rings. The number of nitrogens with two attached hydrogens (primary N) is 1. The van der Waals surface area contributed by atoms with Gasteiger partial charge in [-0.1, -0.05) is 0 Å². The standard InChI is InChI=1S/C9H11IN2O/c10-6-3-7(9(13)12-4-6)8(11)5-1-2-5/h3-5,8H,1-2,11H2,(H,12,13). The zero-order chi connectivity index (χ0) is 9.42. The second-order valence-electron chi connectivity index (χ2n) is 3.47. The molecule has 1 unspecified atom stereocenters. The van der Waals surface area contributed by atoms with Crippen molar-refractivity contribution in [2.75, 3.05) is 0 Å². The number of aromatic nitrogens is 1. The number of aromatic amines is 1. The summed E-state index contributed by atoms with van der Waals surface area (Å²) in [5, 5.41) is 0. The predicted molar refractivity (Wildman–Crippen MR) is 59.4 cm³/mol. The summed E-state index contributed by atoms with van der Waals surface area (Å²) in [5.41, 5.74) is 6.64. The van der Waals surface area contributed by atoms with Gasteiger partial charge in [0, 0.05) is 21.4 Å². The predicted octanol–water partition coefficient (Wildman–Crippen LogP) is 1.39. The summed E-state index contributed by atoms with van der Waals surface area (Å²) < 4.78 is 1.03. The van der Waals surface area contributed by atoms with Crippen molar-refractivity contribution in [3.63, 3.8) is 0 Å². The molecule has 1 aliphatic carbocycles. The molecule has 0 saturated heterocycles. The fourth-order valence-corrected chi connectivity index (χ4v) is 1.92. The molecule has 13 heavy (non-hydrogen) atoms. The fourth-order valence-electron chi connectivity index (χ4n) is 1.43. The van der Waals surface area contributed by atoms with E-state index in [-0.39, 0.29) is 11.6 Å². The van der Waals surface area contributed by atoms with Gasteiger partial charge in [-0.15, -0.1) is 0 Å². The number of hydrogen-bond donors (Lipinski definition) is 2. The van der Waals surface area contributed by atoms with Crippen LogP contribution in [-0.4, -0.2) is 4.98 Å². The molecule has 1 atom stereocenters. The smallest absolute Gasteiger partial charge is 0.252 e. The molecule has 0 aromatic carbocycles. The lowest BCUT2D eigenvalue weighted by molar-refractivity contribution is 0.625. The van der Waals surface area contributed by atoms with E-state index in [0.29, 0.717) is 5.92 Å². The van der Waals surface area contributed by atoms with Gasteiger partial charge in [0.1, 0.15) is 0 Å². The molecule has 1 saturated carbocycles. The van der Waals surface area contributed by atoms with Crippen molar-refractivity contribution in [1.82, 2.24) is 4.98 Å². The lowest BCUT2D eigenvalue weighted by Gasteiger charge is -2.08. The molecule has 1 heterocycles. The Labute approximate surface area is 89.9 Å². The summed E-state index contributed by atoms with van der Waals surface area (Å²) in [6.07, 6.45) is 4.02. The van der Waals surface area contributed by atoms with E-state index in [1.807, 2.05) is 6.07 Å². The molecular weight excluding hydrogens is 279 g/mol. The van der Waals surface area contributed by atoms with Crippen LogP contribution in [0.5, 0.6) is 0 Å². The zero-order valence-electron chi connectivity index (χ0n) is 7.09. The molecule has 0 spiro atoms. The minimum atomic E-state index is -0.0709. The third-order valence-corrected chi connectivity index (χ3v) is 3.01. The highest BCUT2D eigenvalue weighted by atomic mass is 127. The Kier molecular flexibility index (Phi) is 2.42. The van der Waals surface area contributed by atoms with Crippen molar-refractivity contribution < 1.29 is 0 Å². The highest BCUT2D eigenvalue weighted by Crippen LogP contribution is 2.38. The van der Waals surface area contributed by atoms with Crippen LogP contribution in [0.2, 0.25) is 0 Å². The van der Waals surface area contributed by atoms with Gasteiger partial charge in [0.05, 0.1) is 0 Å².